The Labute approximate surface area is 180 Å². The third kappa shape index (κ3) is 3.45. The van der Waals surface area contributed by atoms with Gasteiger partial charge in [0.05, 0.1) is 42.3 Å². The Balaban J connectivity index is 1.48. The molecule has 8 heteroatoms. The Morgan fingerprint density at radius 2 is 2.06 bits per heavy atom. The first-order valence-electron chi connectivity index (χ1n) is 11.0. The summed E-state index contributed by atoms with van der Waals surface area (Å²) in [4.78, 5) is 24.8. The number of pyridine rings is 1. The molecule has 3 aromatic rings. The number of ether oxygens (including phenoxy) is 1. The van der Waals surface area contributed by atoms with Gasteiger partial charge in [-0.1, -0.05) is 18.2 Å². The van der Waals surface area contributed by atoms with E-state index in [1.54, 1.807) is 0 Å². The van der Waals surface area contributed by atoms with Gasteiger partial charge in [0.1, 0.15) is 5.82 Å². The zero-order chi connectivity index (χ0) is 20.8. The second kappa shape index (κ2) is 7.62. The summed E-state index contributed by atoms with van der Waals surface area (Å²) < 4.78 is 8.08. The predicted molar refractivity (Wildman–Crippen MR) is 118 cm³/mol. The lowest BCUT2D eigenvalue weighted by Gasteiger charge is -2.26. The number of anilines is 1. The molecule has 3 atom stereocenters. The monoisotopic (exact) mass is 418 g/mol. The summed E-state index contributed by atoms with van der Waals surface area (Å²) in [6.45, 7) is 4.06. The van der Waals surface area contributed by atoms with Crippen LogP contribution in [0.15, 0.2) is 42.7 Å². The number of carbonyl (C=O) groups is 1. The molecule has 1 aromatic carbocycles. The van der Waals surface area contributed by atoms with Gasteiger partial charge in [0.15, 0.2) is 0 Å². The second-order valence-corrected chi connectivity index (χ2v) is 8.74. The number of aromatic nitrogens is 3. The van der Waals surface area contributed by atoms with Gasteiger partial charge in [-0.25, -0.2) is 9.97 Å². The van der Waals surface area contributed by atoms with Crippen LogP contribution in [0.25, 0.3) is 22.3 Å². The number of nitrogens with zero attached hydrogens (tertiary/aromatic N) is 4. The predicted octanol–water partition coefficient (Wildman–Crippen LogP) is 1.73. The molecule has 0 saturated carbocycles. The highest BCUT2D eigenvalue weighted by molar-refractivity contribution is 5.91. The van der Waals surface area contributed by atoms with Crippen LogP contribution in [-0.4, -0.2) is 70.3 Å². The van der Waals surface area contributed by atoms with Crippen molar-refractivity contribution < 1.29 is 9.53 Å². The van der Waals surface area contributed by atoms with Crippen molar-refractivity contribution >= 4 is 22.8 Å². The summed E-state index contributed by atoms with van der Waals surface area (Å²) in [6.07, 6.45) is 2.65. The van der Waals surface area contributed by atoms with Crippen molar-refractivity contribution in [3.63, 3.8) is 0 Å². The fraction of sp³-hybridized carbons (Fsp3) is 0.435. The zero-order valence-electron chi connectivity index (χ0n) is 17.3. The lowest BCUT2D eigenvalue weighted by molar-refractivity contribution is -0.133. The number of carbonyl (C=O) groups excluding carboxylic acids is 1. The Morgan fingerprint density at radius 1 is 1.13 bits per heavy atom. The third-order valence-electron chi connectivity index (χ3n) is 6.55. The van der Waals surface area contributed by atoms with Gasteiger partial charge in [-0.3, -0.25) is 4.79 Å². The molecule has 2 N–H and O–H groups in total. The standard InChI is InChI=1S/C23H26N6O2/c30-23-20-9-16(10-24-20)26-21-6-2-4-18(27-21)17-3-1-5-19-22(17)29(14-25-19)12-15-11-28(23)7-8-31-13-15/h1-6,14-16,20,24H,7-13H2,(H,26,27)/t15?,16-,20-/m0/s1. The molecule has 6 bridgehead atoms. The minimum absolute atomic E-state index is 0.165. The highest BCUT2D eigenvalue weighted by atomic mass is 16.5. The van der Waals surface area contributed by atoms with E-state index in [9.17, 15) is 4.79 Å². The molecule has 31 heavy (non-hydrogen) atoms. The zero-order valence-corrected chi connectivity index (χ0v) is 17.3. The number of hydrogen-bond donors (Lipinski definition) is 2. The maximum absolute atomic E-state index is 13.3. The van der Waals surface area contributed by atoms with E-state index in [1.807, 2.05) is 41.6 Å². The van der Waals surface area contributed by atoms with Gasteiger partial charge in [0.2, 0.25) is 5.91 Å². The van der Waals surface area contributed by atoms with Crippen LogP contribution in [0.5, 0.6) is 0 Å². The smallest absolute Gasteiger partial charge is 0.239 e. The molecular formula is C23H26N6O2. The van der Waals surface area contributed by atoms with Crippen LogP contribution < -0.4 is 10.6 Å². The molecule has 3 aliphatic heterocycles. The first-order chi connectivity index (χ1) is 15.2. The van der Waals surface area contributed by atoms with Crippen LogP contribution >= 0.6 is 0 Å². The molecule has 160 valence electrons. The Bertz CT molecular complexity index is 1130. The largest absolute Gasteiger partial charge is 0.379 e. The second-order valence-electron chi connectivity index (χ2n) is 8.74. The summed E-state index contributed by atoms with van der Waals surface area (Å²) in [5.74, 6) is 1.21. The number of hydrogen-bond acceptors (Lipinski definition) is 6. The first-order valence-corrected chi connectivity index (χ1v) is 11.0. The molecule has 2 aromatic heterocycles. The number of fused-ring (bicyclic) bond motifs is 7. The fourth-order valence-corrected chi connectivity index (χ4v) is 5.07. The van der Waals surface area contributed by atoms with Crippen LogP contribution in [0.3, 0.4) is 0 Å². The van der Waals surface area contributed by atoms with Gasteiger partial charge >= 0.3 is 0 Å². The van der Waals surface area contributed by atoms with Crippen LogP contribution in [0.4, 0.5) is 5.82 Å². The Morgan fingerprint density at radius 3 is 3.03 bits per heavy atom. The molecule has 0 radical (unpaired) electrons. The van der Waals surface area contributed by atoms with Crippen LogP contribution in [0.2, 0.25) is 0 Å². The maximum Gasteiger partial charge on any atom is 0.239 e. The average Bonchev–Trinajstić information content (AvgIpc) is 3.34. The Kier molecular flexibility index (Phi) is 4.61. The van der Waals surface area contributed by atoms with E-state index in [2.05, 4.69) is 26.3 Å². The Hall–Kier alpha value is -2.97. The van der Waals surface area contributed by atoms with E-state index in [-0.39, 0.29) is 23.9 Å². The average molecular weight is 419 g/mol. The molecule has 5 heterocycles. The van der Waals surface area contributed by atoms with Gasteiger partial charge in [-0.15, -0.1) is 0 Å². The molecule has 3 aliphatic rings. The molecule has 8 nitrogen and oxygen atoms in total. The summed E-state index contributed by atoms with van der Waals surface area (Å²) in [6, 6.07) is 12.3. The van der Waals surface area contributed by atoms with Gasteiger partial charge in [-0.05, 0) is 24.6 Å². The molecule has 2 fully saturated rings. The lowest BCUT2D eigenvalue weighted by Crippen LogP contribution is -2.46. The fourth-order valence-electron chi connectivity index (χ4n) is 5.07. The van der Waals surface area contributed by atoms with Crippen molar-refractivity contribution in [2.45, 2.75) is 25.0 Å². The summed E-state index contributed by atoms with van der Waals surface area (Å²) in [7, 11) is 0. The van der Waals surface area contributed by atoms with E-state index in [1.165, 1.54) is 0 Å². The van der Waals surface area contributed by atoms with Crippen molar-refractivity contribution in [2.75, 3.05) is 38.2 Å². The lowest BCUT2D eigenvalue weighted by atomic mass is 10.1. The summed E-state index contributed by atoms with van der Waals surface area (Å²) >= 11 is 0. The quantitative estimate of drug-likeness (QED) is 0.579. The van der Waals surface area contributed by atoms with E-state index < -0.39 is 0 Å². The SMILES string of the molecule is O=C1[C@@H]2C[C@@H](CN2)Nc2cccc(n2)-c2cccc3ncn(c23)CC2COCCN1C2. The van der Waals surface area contributed by atoms with Gasteiger partial charge in [0.25, 0.3) is 0 Å². The molecule has 1 amide bonds. The van der Waals surface area contributed by atoms with Gasteiger partial charge < -0.3 is 24.8 Å². The maximum atomic E-state index is 13.3. The van der Waals surface area contributed by atoms with Crippen molar-refractivity contribution in [1.82, 2.24) is 24.8 Å². The molecule has 0 spiro atoms. The summed E-state index contributed by atoms with van der Waals surface area (Å²) in [5, 5.41) is 6.94. The van der Waals surface area contributed by atoms with Crippen molar-refractivity contribution in [2.24, 2.45) is 5.92 Å². The normalized spacial score (nSPS) is 26.1. The van der Waals surface area contributed by atoms with E-state index >= 15 is 0 Å². The van der Waals surface area contributed by atoms with E-state index in [0.717, 1.165) is 47.6 Å². The molecule has 6 rings (SSSR count). The minimum Gasteiger partial charge on any atom is -0.379 e. The first kappa shape index (κ1) is 18.8. The van der Waals surface area contributed by atoms with Crippen molar-refractivity contribution in [1.29, 1.82) is 0 Å². The van der Waals surface area contributed by atoms with Crippen LogP contribution in [-0.2, 0) is 16.1 Å². The molecule has 1 unspecified atom stereocenters. The van der Waals surface area contributed by atoms with E-state index in [4.69, 9.17) is 9.72 Å². The van der Waals surface area contributed by atoms with Crippen molar-refractivity contribution in [3.05, 3.63) is 42.7 Å². The van der Waals surface area contributed by atoms with Crippen molar-refractivity contribution in [3.8, 4) is 11.3 Å². The van der Waals surface area contributed by atoms with E-state index in [0.29, 0.717) is 26.3 Å². The number of imidazole rings is 1. The number of rotatable bonds is 0. The van der Waals surface area contributed by atoms with Crippen LogP contribution in [0.1, 0.15) is 6.42 Å². The topological polar surface area (TPSA) is 84.3 Å². The van der Waals surface area contributed by atoms with Gasteiger partial charge in [-0.2, -0.15) is 0 Å². The highest BCUT2D eigenvalue weighted by Gasteiger charge is 2.34. The van der Waals surface area contributed by atoms with Crippen LogP contribution in [0, 0.1) is 5.92 Å². The number of benzene rings is 1. The molecular weight excluding hydrogens is 392 g/mol. The summed E-state index contributed by atoms with van der Waals surface area (Å²) in [5.41, 5.74) is 4.02. The number of amides is 1. The molecule has 0 aliphatic carbocycles. The number of nitrogens with one attached hydrogen (secondary N) is 2. The minimum atomic E-state index is -0.165. The number of para-hydroxylation sites is 1. The molecule has 2 saturated heterocycles. The van der Waals surface area contributed by atoms with Gasteiger partial charge in [0, 0.05) is 43.7 Å². The third-order valence-corrected chi connectivity index (χ3v) is 6.55. The highest BCUT2D eigenvalue weighted by Crippen LogP contribution is 2.29.